The first kappa shape index (κ1) is 15.6. The second-order valence-corrected chi connectivity index (χ2v) is 6.47. The summed E-state index contributed by atoms with van der Waals surface area (Å²) in [6.45, 7) is 2.47. The number of benzene rings is 1. The summed E-state index contributed by atoms with van der Waals surface area (Å²) in [6.07, 6.45) is 7.66. The van der Waals surface area contributed by atoms with Crippen LogP contribution in [-0.2, 0) is 11.3 Å². The zero-order valence-corrected chi connectivity index (χ0v) is 14.1. The highest BCUT2D eigenvalue weighted by molar-refractivity contribution is 5.88. The summed E-state index contributed by atoms with van der Waals surface area (Å²) in [6, 6.07) is 11.8. The Morgan fingerprint density at radius 3 is 2.92 bits per heavy atom. The molecule has 0 spiro atoms. The van der Waals surface area contributed by atoms with Gasteiger partial charge in [0.15, 0.2) is 0 Å². The van der Waals surface area contributed by atoms with Crippen LogP contribution in [0, 0.1) is 5.92 Å². The lowest BCUT2D eigenvalue weighted by Crippen LogP contribution is -2.22. The molecule has 1 aliphatic rings. The fourth-order valence-corrected chi connectivity index (χ4v) is 3.01. The van der Waals surface area contributed by atoms with Crippen LogP contribution in [0.1, 0.15) is 25.3 Å². The molecular formula is C20H20N4O. The van der Waals surface area contributed by atoms with Gasteiger partial charge < -0.3 is 5.32 Å². The molecule has 5 nitrogen and oxygen atoms in total. The fourth-order valence-electron chi connectivity index (χ4n) is 3.01. The Kier molecular flexibility index (Phi) is 4.06. The molecule has 0 unspecified atom stereocenters. The van der Waals surface area contributed by atoms with Crippen molar-refractivity contribution >= 4 is 16.9 Å². The molecule has 0 bridgehead atoms. The van der Waals surface area contributed by atoms with Gasteiger partial charge >= 0.3 is 0 Å². The number of nitrogens with zero attached hydrogens (tertiary/aromatic N) is 3. The Balaban J connectivity index is 1.57. The van der Waals surface area contributed by atoms with Gasteiger partial charge in [-0.2, -0.15) is 0 Å². The van der Waals surface area contributed by atoms with E-state index < -0.39 is 0 Å². The average molecular weight is 332 g/mol. The predicted molar refractivity (Wildman–Crippen MR) is 97.2 cm³/mol. The lowest BCUT2D eigenvalue weighted by molar-refractivity contribution is -0.116. The number of nitrogens with one attached hydrogen (secondary N) is 1. The van der Waals surface area contributed by atoms with Gasteiger partial charge in [0.2, 0.25) is 5.91 Å². The van der Waals surface area contributed by atoms with Crippen molar-refractivity contribution in [2.24, 2.45) is 5.92 Å². The quantitative estimate of drug-likeness (QED) is 0.729. The van der Waals surface area contributed by atoms with Crippen LogP contribution in [0.5, 0.6) is 0 Å². The molecule has 126 valence electrons. The third kappa shape index (κ3) is 3.31. The molecule has 5 heteroatoms. The summed E-state index contributed by atoms with van der Waals surface area (Å²) >= 11 is 0. The minimum atomic E-state index is -0.0466. The van der Waals surface area contributed by atoms with Crippen molar-refractivity contribution in [1.29, 1.82) is 0 Å². The maximum absolute atomic E-state index is 12.1. The molecular weight excluding hydrogens is 312 g/mol. The lowest BCUT2D eigenvalue weighted by atomic mass is 10.2. The number of pyridine rings is 1. The maximum Gasteiger partial charge on any atom is 0.244 e. The Morgan fingerprint density at radius 2 is 2.08 bits per heavy atom. The van der Waals surface area contributed by atoms with Crippen LogP contribution in [0.25, 0.3) is 16.9 Å². The van der Waals surface area contributed by atoms with Crippen molar-refractivity contribution < 1.29 is 4.79 Å². The maximum atomic E-state index is 12.1. The van der Waals surface area contributed by atoms with Gasteiger partial charge in [0.05, 0.1) is 11.0 Å². The first-order valence-corrected chi connectivity index (χ1v) is 8.55. The number of hydrogen-bond acceptors (Lipinski definition) is 3. The van der Waals surface area contributed by atoms with E-state index in [0.717, 1.165) is 22.4 Å². The van der Waals surface area contributed by atoms with Gasteiger partial charge in [0.1, 0.15) is 12.1 Å². The lowest BCUT2D eigenvalue weighted by Gasteiger charge is -2.10. The minimum Gasteiger partial charge on any atom is -0.348 e. The van der Waals surface area contributed by atoms with E-state index in [0.29, 0.717) is 12.5 Å². The predicted octanol–water partition coefficient (Wildman–Crippen LogP) is 3.39. The number of imidazole rings is 1. The highest BCUT2D eigenvalue weighted by atomic mass is 16.1. The van der Waals surface area contributed by atoms with Gasteiger partial charge in [-0.25, -0.2) is 9.97 Å². The van der Waals surface area contributed by atoms with E-state index >= 15 is 0 Å². The summed E-state index contributed by atoms with van der Waals surface area (Å²) in [5.41, 5.74) is 4.05. The van der Waals surface area contributed by atoms with E-state index in [1.54, 1.807) is 18.6 Å². The van der Waals surface area contributed by atoms with Crippen LogP contribution in [-0.4, -0.2) is 20.4 Å². The summed E-state index contributed by atoms with van der Waals surface area (Å²) < 4.78 is 1.96. The number of amides is 1. The van der Waals surface area contributed by atoms with Gasteiger partial charge in [-0.15, -0.1) is 0 Å². The molecule has 1 aromatic carbocycles. The summed E-state index contributed by atoms with van der Waals surface area (Å²) in [5, 5.41) is 2.97. The van der Waals surface area contributed by atoms with E-state index in [2.05, 4.69) is 15.3 Å². The second-order valence-electron chi connectivity index (χ2n) is 6.47. The molecule has 0 atom stereocenters. The Bertz CT molecular complexity index is 953. The van der Waals surface area contributed by atoms with Crippen molar-refractivity contribution in [3.63, 3.8) is 0 Å². The smallest absolute Gasteiger partial charge is 0.244 e. The standard InChI is InChI=1S/C20H20N4O/c1-14(15-8-9-15)11-19(25)22-12-16-5-4-10-21-20(16)24-13-23-17-6-2-3-7-18(17)24/h2-7,10-11,13,15H,8-9,12H2,1H3,(H,22,25)/b14-11+. The molecule has 0 radical (unpaired) electrons. The monoisotopic (exact) mass is 332 g/mol. The summed E-state index contributed by atoms with van der Waals surface area (Å²) in [7, 11) is 0. The van der Waals surface area contributed by atoms with Crippen LogP contribution in [0.2, 0.25) is 0 Å². The molecule has 3 aromatic rings. The Hall–Kier alpha value is -2.95. The molecule has 25 heavy (non-hydrogen) atoms. The topological polar surface area (TPSA) is 59.8 Å². The fraction of sp³-hybridized carbons (Fsp3) is 0.250. The van der Waals surface area contributed by atoms with Crippen molar-refractivity contribution in [2.45, 2.75) is 26.3 Å². The van der Waals surface area contributed by atoms with E-state index in [9.17, 15) is 4.79 Å². The zero-order chi connectivity index (χ0) is 17.2. The minimum absolute atomic E-state index is 0.0466. The number of para-hydroxylation sites is 2. The van der Waals surface area contributed by atoms with E-state index in [4.69, 9.17) is 0 Å². The number of carbonyl (C=O) groups is 1. The number of rotatable bonds is 5. The summed E-state index contributed by atoms with van der Waals surface area (Å²) in [5.74, 6) is 1.35. The van der Waals surface area contributed by atoms with Crippen molar-refractivity contribution in [3.8, 4) is 5.82 Å². The highest BCUT2D eigenvalue weighted by Crippen LogP contribution is 2.35. The molecule has 1 amide bonds. The van der Waals surface area contributed by atoms with Crippen LogP contribution >= 0.6 is 0 Å². The molecule has 1 fully saturated rings. The number of fused-ring (bicyclic) bond motifs is 1. The molecule has 0 aliphatic heterocycles. The molecule has 4 rings (SSSR count). The number of hydrogen-bond donors (Lipinski definition) is 1. The Labute approximate surface area is 146 Å². The number of aromatic nitrogens is 3. The first-order chi connectivity index (χ1) is 12.2. The van der Waals surface area contributed by atoms with Gasteiger partial charge in [-0.05, 0) is 43.9 Å². The van der Waals surface area contributed by atoms with Gasteiger partial charge in [-0.3, -0.25) is 9.36 Å². The average Bonchev–Trinajstić information content (AvgIpc) is 3.40. The van der Waals surface area contributed by atoms with E-state index in [-0.39, 0.29) is 5.91 Å². The molecule has 2 aromatic heterocycles. The van der Waals surface area contributed by atoms with E-state index in [1.165, 1.54) is 18.4 Å². The number of carbonyl (C=O) groups excluding carboxylic acids is 1. The molecule has 1 aliphatic carbocycles. The van der Waals surface area contributed by atoms with Crippen LogP contribution in [0.4, 0.5) is 0 Å². The summed E-state index contributed by atoms with van der Waals surface area (Å²) in [4.78, 5) is 21.1. The molecule has 1 N–H and O–H groups in total. The van der Waals surface area contributed by atoms with Gasteiger partial charge in [0.25, 0.3) is 0 Å². The SMILES string of the molecule is C/C(=C\C(=O)NCc1cccnc1-n1cnc2ccccc21)C1CC1. The first-order valence-electron chi connectivity index (χ1n) is 8.55. The highest BCUT2D eigenvalue weighted by Gasteiger charge is 2.23. The zero-order valence-electron chi connectivity index (χ0n) is 14.1. The van der Waals surface area contributed by atoms with E-state index in [1.807, 2.05) is 47.9 Å². The van der Waals surface area contributed by atoms with Gasteiger partial charge in [-0.1, -0.05) is 23.8 Å². The largest absolute Gasteiger partial charge is 0.348 e. The second kappa shape index (κ2) is 6.51. The van der Waals surface area contributed by atoms with Crippen molar-refractivity contribution in [2.75, 3.05) is 0 Å². The van der Waals surface area contributed by atoms with Crippen molar-refractivity contribution in [1.82, 2.24) is 19.9 Å². The Morgan fingerprint density at radius 1 is 1.24 bits per heavy atom. The van der Waals surface area contributed by atoms with Crippen LogP contribution in [0.15, 0.2) is 60.6 Å². The van der Waals surface area contributed by atoms with Crippen molar-refractivity contribution in [3.05, 3.63) is 66.1 Å². The normalized spacial score (nSPS) is 14.7. The number of allylic oxidation sites excluding steroid dienone is 1. The molecule has 1 saturated carbocycles. The van der Waals surface area contributed by atoms with Crippen LogP contribution < -0.4 is 5.32 Å². The molecule has 2 heterocycles. The third-order valence-electron chi connectivity index (χ3n) is 4.58. The third-order valence-corrected chi connectivity index (χ3v) is 4.58. The van der Waals surface area contributed by atoms with Gasteiger partial charge in [0, 0.05) is 24.4 Å². The molecule has 0 saturated heterocycles. The van der Waals surface area contributed by atoms with Crippen LogP contribution in [0.3, 0.4) is 0 Å².